The zero-order chi connectivity index (χ0) is 20.7. The standard InChI is InChI=1S/C22H22N6O2/c1-14-7-15(10-23-9-14)22(30)27-11-16-8-19-25-26-20(28(19)13-17(16)12-27)21(29)24-18-5-3-2-4-6-18/h2-7,9-10,16-17H,8,11-13H2,1H3,(H,24,29)/t16-,17+/m0/s1. The van der Waals surface area contributed by atoms with E-state index in [0.29, 0.717) is 43.4 Å². The molecule has 3 aromatic rings. The van der Waals surface area contributed by atoms with Crippen molar-refractivity contribution in [2.24, 2.45) is 11.8 Å². The summed E-state index contributed by atoms with van der Waals surface area (Å²) in [5, 5.41) is 11.3. The van der Waals surface area contributed by atoms with Gasteiger partial charge in [0.1, 0.15) is 5.82 Å². The molecule has 1 aromatic carbocycles. The molecule has 2 atom stereocenters. The minimum atomic E-state index is -0.268. The minimum absolute atomic E-state index is 0.0124. The van der Waals surface area contributed by atoms with Crippen LogP contribution in [0, 0.1) is 18.8 Å². The van der Waals surface area contributed by atoms with Gasteiger partial charge in [0.25, 0.3) is 11.8 Å². The molecule has 1 fully saturated rings. The summed E-state index contributed by atoms with van der Waals surface area (Å²) in [4.78, 5) is 31.7. The first-order chi connectivity index (χ1) is 14.6. The van der Waals surface area contributed by atoms with Crippen molar-refractivity contribution in [3.63, 3.8) is 0 Å². The number of benzene rings is 1. The third-order valence-corrected chi connectivity index (χ3v) is 5.91. The number of para-hydroxylation sites is 1. The van der Waals surface area contributed by atoms with Gasteiger partial charge in [-0.2, -0.15) is 0 Å². The van der Waals surface area contributed by atoms with Crippen LogP contribution in [0.25, 0.3) is 0 Å². The average Bonchev–Trinajstić information content (AvgIpc) is 3.35. The van der Waals surface area contributed by atoms with E-state index in [1.807, 2.05) is 52.8 Å². The molecule has 4 heterocycles. The van der Waals surface area contributed by atoms with Crippen molar-refractivity contribution in [3.05, 3.63) is 71.6 Å². The number of likely N-dealkylation sites (tertiary alicyclic amines) is 1. The number of hydrogen-bond acceptors (Lipinski definition) is 5. The largest absolute Gasteiger partial charge is 0.338 e. The predicted octanol–water partition coefficient (Wildman–Crippen LogP) is 2.18. The molecule has 5 rings (SSSR count). The molecular weight excluding hydrogens is 380 g/mol. The molecule has 152 valence electrons. The Morgan fingerprint density at radius 3 is 2.63 bits per heavy atom. The molecule has 2 amide bonds. The number of carbonyl (C=O) groups is 2. The van der Waals surface area contributed by atoms with Gasteiger partial charge in [0, 0.05) is 44.1 Å². The van der Waals surface area contributed by atoms with Crippen molar-refractivity contribution < 1.29 is 9.59 Å². The first-order valence-electron chi connectivity index (χ1n) is 10.1. The Hall–Kier alpha value is -3.55. The first-order valence-corrected chi connectivity index (χ1v) is 10.1. The normalized spacial score (nSPS) is 19.8. The summed E-state index contributed by atoms with van der Waals surface area (Å²) in [6.07, 6.45) is 4.08. The highest BCUT2D eigenvalue weighted by atomic mass is 16.2. The van der Waals surface area contributed by atoms with Crippen molar-refractivity contribution in [1.29, 1.82) is 0 Å². The summed E-state index contributed by atoms with van der Waals surface area (Å²) in [7, 11) is 0. The Balaban J connectivity index is 1.31. The van der Waals surface area contributed by atoms with Crippen molar-refractivity contribution in [3.8, 4) is 0 Å². The van der Waals surface area contributed by atoms with Crippen molar-refractivity contribution in [2.45, 2.75) is 19.9 Å². The molecule has 0 unspecified atom stereocenters. The maximum absolute atomic E-state index is 12.9. The summed E-state index contributed by atoms with van der Waals surface area (Å²) in [6.45, 7) is 3.92. The molecule has 2 aliphatic rings. The second-order valence-electron chi connectivity index (χ2n) is 8.06. The summed E-state index contributed by atoms with van der Waals surface area (Å²) >= 11 is 0. The van der Waals surface area contributed by atoms with Gasteiger partial charge in [-0.25, -0.2) is 0 Å². The van der Waals surface area contributed by atoms with Crippen LogP contribution >= 0.6 is 0 Å². The zero-order valence-corrected chi connectivity index (χ0v) is 16.7. The van der Waals surface area contributed by atoms with Crippen LogP contribution in [-0.2, 0) is 13.0 Å². The van der Waals surface area contributed by atoms with Gasteiger partial charge in [0.15, 0.2) is 0 Å². The van der Waals surface area contributed by atoms with Gasteiger partial charge in [0.2, 0.25) is 5.82 Å². The SMILES string of the molecule is Cc1cncc(C(=O)N2C[C@@H]3Cn4c(nnc4C(=O)Nc4ccccc4)C[C@H]3C2)c1. The number of fused-ring (bicyclic) bond motifs is 2. The van der Waals surface area contributed by atoms with Gasteiger partial charge in [-0.3, -0.25) is 14.6 Å². The fourth-order valence-electron chi connectivity index (χ4n) is 4.42. The smallest absolute Gasteiger partial charge is 0.293 e. The van der Waals surface area contributed by atoms with Crippen LogP contribution in [0.2, 0.25) is 0 Å². The van der Waals surface area contributed by atoms with E-state index in [2.05, 4.69) is 20.5 Å². The number of nitrogens with zero attached hydrogens (tertiary/aromatic N) is 5. The number of aromatic nitrogens is 4. The minimum Gasteiger partial charge on any atom is -0.338 e. The van der Waals surface area contributed by atoms with Crippen LogP contribution in [0.5, 0.6) is 0 Å². The van der Waals surface area contributed by atoms with Crippen molar-refractivity contribution in [1.82, 2.24) is 24.6 Å². The lowest BCUT2D eigenvalue weighted by atomic mass is 9.89. The van der Waals surface area contributed by atoms with Gasteiger partial charge in [-0.1, -0.05) is 18.2 Å². The molecule has 0 spiro atoms. The van der Waals surface area contributed by atoms with Crippen molar-refractivity contribution >= 4 is 17.5 Å². The van der Waals surface area contributed by atoms with Gasteiger partial charge in [-0.15, -0.1) is 10.2 Å². The van der Waals surface area contributed by atoms with Crippen LogP contribution in [0.15, 0.2) is 48.8 Å². The second-order valence-corrected chi connectivity index (χ2v) is 8.06. The van der Waals surface area contributed by atoms with E-state index in [-0.39, 0.29) is 17.7 Å². The van der Waals surface area contributed by atoms with E-state index in [1.54, 1.807) is 12.4 Å². The molecule has 0 bridgehead atoms. The summed E-state index contributed by atoms with van der Waals surface area (Å²) in [5.74, 6) is 1.47. The fourth-order valence-corrected chi connectivity index (χ4v) is 4.42. The molecule has 1 saturated heterocycles. The summed E-state index contributed by atoms with van der Waals surface area (Å²) < 4.78 is 1.90. The number of carbonyl (C=O) groups excluding carboxylic acids is 2. The lowest BCUT2D eigenvalue weighted by Crippen LogP contribution is -2.31. The number of nitrogens with one attached hydrogen (secondary N) is 1. The van der Waals surface area contributed by atoms with E-state index in [4.69, 9.17) is 0 Å². The number of amides is 2. The highest BCUT2D eigenvalue weighted by Crippen LogP contribution is 2.33. The molecule has 8 nitrogen and oxygen atoms in total. The van der Waals surface area contributed by atoms with Crippen LogP contribution in [0.1, 0.15) is 32.4 Å². The highest BCUT2D eigenvalue weighted by molar-refractivity contribution is 6.01. The number of rotatable bonds is 3. The Kier molecular flexibility index (Phi) is 4.54. The van der Waals surface area contributed by atoms with E-state index < -0.39 is 0 Å². The van der Waals surface area contributed by atoms with E-state index in [1.165, 1.54) is 0 Å². The second kappa shape index (κ2) is 7.37. The molecule has 0 aliphatic carbocycles. The molecule has 2 aromatic heterocycles. The first kappa shape index (κ1) is 18.5. The van der Waals surface area contributed by atoms with Gasteiger partial charge >= 0.3 is 0 Å². The lowest BCUT2D eigenvalue weighted by molar-refractivity contribution is 0.0782. The molecule has 0 radical (unpaired) electrons. The average molecular weight is 402 g/mol. The maximum atomic E-state index is 12.9. The van der Waals surface area contributed by atoms with Gasteiger partial charge < -0.3 is 14.8 Å². The molecule has 30 heavy (non-hydrogen) atoms. The van der Waals surface area contributed by atoms with Gasteiger partial charge in [0.05, 0.1) is 5.56 Å². The number of pyridine rings is 1. The quantitative estimate of drug-likeness (QED) is 0.725. The topological polar surface area (TPSA) is 93.0 Å². The fraction of sp³-hybridized carbons (Fsp3) is 0.318. The number of aryl methyl sites for hydroxylation is 1. The van der Waals surface area contributed by atoms with E-state index >= 15 is 0 Å². The molecule has 0 saturated carbocycles. The lowest BCUT2D eigenvalue weighted by Gasteiger charge is -2.25. The Morgan fingerprint density at radius 1 is 1.03 bits per heavy atom. The highest BCUT2D eigenvalue weighted by Gasteiger charge is 2.40. The summed E-state index contributed by atoms with van der Waals surface area (Å²) in [6, 6.07) is 11.2. The van der Waals surface area contributed by atoms with E-state index in [9.17, 15) is 9.59 Å². The van der Waals surface area contributed by atoms with Crippen LogP contribution < -0.4 is 5.32 Å². The molecular formula is C22H22N6O2. The van der Waals surface area contributed by atoms with E-state index in [0.717, 1.165) is 17.1 Å². The molecule has 8 heteroatoms. The maximum Gasteiger partial charge on any atom is 0.293 e. The van der Waals surface area contributed by atoms with Gasteiger partial charge in [-0.05, 0) is 42.5 Å². The number of anilines is 1. The Bertz CT molecular complexity index is 1110. The molecule has 2 aliphatic heterocycles. The Labute approximate surface area is 173 Å². The Morgan fingerprint density at radius 2 is 1.83 bits per heavy atom. The number of hydrogen-bond donors (Lipinski definition) is 1. The monoisotopic (exact) mass is 402 g/mol. The third-order valence-electron chi connectivity index (χ3n) is 5.91. The van der Waals surface area contributed by atoms with Crippen LogP contribution in [0.4, 0.5) is 5.69 Å². The van der Waals surface area contributed by atoms with Crippen LogP contribution in [-0.4, -0.2) is 49.6 Å². The van der Waals surface area contributed by atoms with Crippen molar-refractivity contribution in [2.75, 3.05) is 18.4 Å². The molecule has 1 N–H and O–H groups in total. The summed E-state index contributed by atoms with van der Waals surface area (Å²) in [5.41, 5.74) is 2.31. The third kappa shape index (κ3) is 3.34. The predicted molar refractivity (Wildman–Crippen MR) is 110 cm³/mol. The van der Waals surface area contributed by atoms with Crippen LogP contribution in [0.3, 0.4) is 0 Å². The zero-order valence-electron chi connectivity index (χ0n) is 16.7.